The van der Waals surface area contributed by atoms with Gasteiger partial charge in [0.2, 0.25) is 0 Å². The Bertz CT molecular complexity index is 114. The second kappa shape index (κ2) is 2.18. The van der Waals surface area contributed by atoms with Gasteiger partial charge in [0, 0.05) is 0 Å². The maximum absolute atomic E-state index is 10.4. The van der Waals surface area contributed by atoms with Crippen LogP contribution in [0.1, 0.15) is 0 Å². The fraction of sp³-hybridized carbons (Fsp3) is 0.750. The van der Waals surface area contributed by atoms with E-state index in [1.165, 1.54) is 7.11 Å². The van der Waals surface area contributed by atoms with Crippen molar-refractivity contribution in [2.45, 2.75) is 10.2 Å². The van der Waals surface area contributed by atoms with Gasteiger partial charge in [0.1, 0.15) is 4.11 Å². The highest BCUT2D eigenvalue weighted by Gasteiger charge is 2.43. The molecule has 1 saturated heterocycles. The minimum absolute atomic E-state index is 0.0417. The van der Waals surface area contributed by atoms with Crippen LogP contribution in [-0.2, 0) is 14.3 Å². The number of rotatable bonds is 1. The van der Waals surface area contributed by atoms with Crippen molar-refractivity contribution in [1.82, 2.24) is 0 Å². The third kappa shape index (κ3) is 1.11. The number of alkyl halides is 1. The summed E-state index contributed by atoms with van der Waals surface area (Å²) in [6.45, 7) is 0. The first-order valence-electron chi connectivity index (χ1n) is 2.13. The molecule has 2 atom stereocenters. The van der Waals surface area contributed by atoms with Gasteiger partial charge >= 0.3 is 5.97 Å². The average Bonchev–Trinajstić information content (AvgIpc) is 2.45. The Morgan fingerprint density at radius 2 is 2.38 bits per heavy atom. The molecular formula is C4H5IO3. The molecule has 0 aromatic heterocycles. The van der Waals surface area contributed by atoms with Gasteiger partial charge in [-0.15, -0.1) is 0 Å². The predicted molar refractivity (Wildman–Crippen MR) is 34.7 cm³/mol. The van der Waals surface area contributed by atoms with Gasteiger partial charge < -0.3 is 9.47 Å². The summed E-state index contributed by atoms with van der Waals surface area (Å²) in [6, 6.07) is 0. The zero-order valence-corrected chi connectivity index (χ0v) is 6.41. The molecule has 0 unspecified atom stereocenters. The highest BCUT2D eigenvalue weighted by molar-refractivity contribution is 14.1. The van der Waals surface area contributed by atoms with Gasteiger partial charge in [-0.2, -0.15) is 0 Å². The van der Waals surface area contributed by atoms with E-state index in [1.54, 1.807) is 0 Å². The second-order valence-electron chi connectivity index (χ2n) is 1.43. The van der Waals surface area contributed by atoms with E-state index in [4.69, 9.17) is 4.74 Å². The van der Waals surface area contributed by atoms with E-state index in [9.17, 15) is 4.79 Å². The summed E-state index contributed by atoms with van der Waals surface area (Å²) >= 11 is 2.03. The Morgan fingerprint density at radius 3 is 2.50 bits per heavy atom. The average molecular weight is 228 g/mol. The summed E-state index contributed by atoms with van der Waals surface area (Å²) in [6.07, 6.45) is -0.291. The highest BCUT2D eigenvalue weighted by atomic mass is 127. The number of epoxide rings is 1. The van der Waals surface area contributed by atoms with Crippen molar-refractivity contribution >= 4 is 28.6 Å². The number of methoxy groups -OCH3 is 1. The predicted octanol–water partition coefficient (Wildman–Crippen LogP) is 0.319. The van der Waals surface area contributed by atoms with Crippen molar-refractivity contribution in [2.75, 3.05) is 7.11 Å². The molecule has 0 aromatic carbocycles. The Balaban J connectivity index is 2.28. The lowest BCUT2D eigenvalue weighted by molar-refractivity contribution is -0.142. The molecule has 0 spiro atoms. The number of hydrogen-bond donors (Lipinski definition) is 0. The number of carbonyl (C=O) groups excluding carboxylic acids is 1. The van der Waals surface area contributed by atoms with Crippen molar-refractivity contribution in [3.05, 3.63) is 0 Å². The number of ether oxygens (including phenoxy) is 2. The minimum atomic E-state index is -0.291. The van der Waals surface area contributed by atoms with Crippen LogP contribution in [0.2, 0.25) is 0 Å². The molecule has 1 rings (SSSR count). The summed E-state index contributed by atoms with van der Waals surface area (Å²) in [5.74, 6) is -0.274. The van der Waals surface area contributed by atoms with Crippen molar-refractivity contribution in [3.8, 4) is 0 Å². The number of hydrogen-bond acceptors (Lipinski definition) is 3. The zero-order chi connectivity index (χ0) is 6.15. The second-order valence-corrected chi connectivity index (χ2v) is 2.66. The summed E-state index contributed by atoms with van der Waals surface area (Å²) < 4.78 is 9.20. The lowest BCUT2D eigenvalue weighted by atomic mass is 10.5. The first kappa shape index (κ1) is 6.28. The lowest BCUT2D eigenvalue weighted by Crippen LogP contribution is -2.08. The Hall–Kier alpha value is 0.160. The van der Waals surface area contributed by atoms with E-state index < -0.39 is 0 Å². The molecule has 3 nitrogen and oxygen atoms in total. The molecule has 0 N–H and O–H groups in total. The van der Waals surface area contributed by atoms with Crippen LogP contribution in [0.15, 0.2) is 0 Å². The molecular weight excluding hydrogens is 223 g/mol. The minimum Gasteiger partial charge on any atom is -0.467 e. The van der Waals surface area contributed by atoms with Crippen molar-refractivity contribution in [2.24, 2.45) is 0 Å². The molecule has 0 aromatic rings. The maximum Gasteiger partial charge on any atom is 0.338 e. The monoisotopic (exact) mass is 228 g/mol. The standard InChI is InChI=1S/C4H5IO3/c1-7-4(6)2-3(5)8-2/h2-3H,1H3/t2-,3-/m0/s1. The SMILES string of the molecule is COC(=O)[C@H]1O[C@@H]1I. The summed E-state index contributed by atoms with van der Waals surface area (Å²) in [7, 11) is 1.35. The topological polar surface area (TPSA) is 38.8 Å². The van der Waals surface area contributed by atoms with Crippen LogP contribution in [0.3, 0.4) is 0 Å². The van der Waals surface area contributed by atoms with Crippen molar-refractivity contribution in [3.63, 3.8) is 0 Å². The van der Waals surface area contributed by atoms with Gasteiger partial charge in [0.25, 0.3) is 0 Å². The van der Waals surface area contributed by atoms with Crippen LogP contribution in [0.25, 0.3) is 0 Å². The molecule has 0 aliphatic carbocycles. The third-order valence-corrected chi connectivity index (χ3v) is 1.82. The van der Waals surface area contributed by atoms with Crippen LogP contribution < -0.4 is 0 Å². The normalized spacial score (nSPS) is 34.2. The van der Waals surface area contributed by atoms with Crippen molar-refractivity contribution < 1.29 is 14.3 Å². The van der Waals surface area contributed by atoms with Crippen LogP contribution in [0.4, 0.5) is 0 Å². The quantitative estimate of drug-likeness (QED) is 0.281. The first-order valence-corrected chi connectivity index (χ1v) is 3.37. The van der Waals surface area contributed by atoms with Crippen LogP contribution >= 0.6 is 22.6 Å². The maximum atomic E-state index is 10.4. The van der Waals surface area contributed by atoms with Crippen LogP contribution in [0, 0.1) is 0 Å². The number of esters is 1. The lowest BCUT2D eigenvalue weighted by Gasteiger charge is -1.87. The van der Waals surface area contributed by atoms with Gasteiger partial charge in [-0.25, -0.2) is 4.79 Å². The van der Waals surface area contributed by atoms with Gasteiger partial charge in [-0.3, -0.25) is 0 Å². The summed E-state index contributed by atoms with van der Waals surface area (Å²) in [5.41, 5.74) is 0. The molecule has 0 amide bonds. The van der Waals surface area contributed by atoms with Gasteiger partial charge in [-0.1, -0.05) is 0 Å². The van der Waals surface area contributed by atoms with E-state index in [2.05, 4.69) is 4.74 Å². The number of carbonyl (C=O) groups is 1. The smallest absolute Gasteiger partial charge is 0.338 e. The van der Waals surface area contributed by atoms with Crippen molar-refractivity contribution in [1.29, 1.82) is 0 Å². The fourth-order valence-corrected chi connectivity index (χ4v) is 0.983. The summed E-state index contributed by atoms with van der Waals surface area (Å²) in [4.78, 5) is 10.4. The van der Waals surface area contributed by atoms with E-state index in [0.29, 0.717) is 0 Å². The molecule has 1 fully saturated rings. The molecule has 1 aliphatic rings. The van der Waals surface area contributed by atoms with E-state index in [1.807, 2.05) is 22.6 Å². The molecule has 8 heavy (non-hydrogen) atoms. The fourth-order valence-electron chi connectivity index (χ4n) is 0.373. The molecule has 0 bridgehead atoms. The van der Waals surface area contributed by atoms with Crippen LogP contribution in [0.5, 0.6) is 0 Å². The highest BCUT2D eigenvalue weighted by Crippen LogP contribution is 2.28. The zero-order valence-electron chi connectivity index (χ0n) is 4.26. The van der Waals surface area contributed by atoms with Gasteiger partial charge in [0.15, 0.2) is 6.10 Å². The molecule has 46 valence electrons. The summed E-state index contributed by atoms with van der Waals surface area (Å²) in [5, 5.41) is 0. The Morgan fingerprint density at radius 1 is 1.88 bits per heavy atom. The van der Waals surface area contributed by atoms with E-state index >= 15 is 0 Å². The molecule has 1 aliphatic heterocycles. The number of halogens is 1. The Labute approximate surface area is 60.5 Å². The Kier molecular flexibility index (Phi) is 1.71. The third-order valence-electron chi connectivity index (χ3n) is 0.872. The van der Waals surface area contributed by atoms with E-state index in [-0.39, 0.29) is 16.2 Å². The molecule has 4 heteroatoms. The van der Waals surface area contributed by atoms with E-state index in [0.717, 1.165) is 0 Å². The molecule has 1 heterocycles. The van der Waals surface area contributed by atoms with Gasteiger partial charge in [0.05, 0.1) is 7.11 Å². The first-order chi connectivity index (χ1) is 3.75. The molecule has 0 saturated carbocycles. The van der Waals surface area contributed by atoms with Crippen LogP contribution in [-0.4, -0.2) is 23.3 Å². The molecule has 0 radical (unpaired) electrons. The largest absolute Gasteiger partial charge is 0.467 e. The van der Waals surface area contributed by atoms with Gasteiger partial charge in [-0.05, 0) is 22.6 Å².